The normalized spacial score (nSPS) is 10.4. The van der Waals surface area contributed by atoms with Crippen LogP contribution in [0.3, 0.4) is 0 Å². The second-order valence-corrected chi connectivity index (χ2v) is 3.19. The molecule has 0 atom stereocenters. The molecule has 78 valence electrons. The molecule has 0 saturated carbocycles. The first-order valence-corrected chi connectivity index (χ1v) is 4.80. The molecule has 0 unspecified atom stereocenters. The van der Waals surface area contributed by atoms with Crippen molar-refractivity contribution in [1.82, 2.24) is 9.88 Å². The van der Waals surface area contributed by atoms with Crippen LogP contribution in [0.4, 0.5) is 0 Å². The van der Waals surface area contributed by atoms with E-state index in [4.69, 9.17) is 5.11 Å². The molecular weight excluding hydrogens is 180 g/mol. The van der Waals surface area contributed by atoms with Crippen molar-refractivity contribution in [2.75, 3.05) is 6.54 Å². The van der Waals surface area contributed by atoms with Gasteiger partial charge in [-0.1, -0.05) is 6.92 Å². The summed E-state index contributed by atoms with van der Waals surface area (Å²) in [6.07, 6.45) is 3.10. The zero-order chi connectivity index (χ0) is 10.4. The Morgan fingerprint density at radius 1 is 1.64 bits per heavy atom. The standard InChI is InChI=1S/C10H16N2O2/c1-2-5-12-6-3-4-9(12)7-11-8-10(13)14/h3-4,6,11H,2,5,7-8H2,1H3,(H,13,14). The maximum atomic E-state index is 10.3. The van der Waals surface area contributed by atoms with Crippen molar-refractivity contribution < 1.29 is 9.90 Å². The van der Waals surface area contributed by atoms with Crippen LogP contribution >= 0.6 is 0 Å². The number of carboxylic acid groups (broad SMARTS) is 1. The number of carbonyl (C=O) groups is 1. The Balaban J connectivity index is 2.41. The number of hydrogen-bond acceptors (Lipinski definition) is 2. The second-order valence-electron chi connectivity index (χ2n) is 3.19. The average Bonchev–Trinajstić information content (AvgIpc) is 2.53. The Bertz CT molecular complexity index is 294. The Kier molecular flexibility index (Phi) is 4.19. The molecule has 0 radical (unpaired) electrons. The van der Waals surface area contributed by atoms with Gasteiger partial charge in [0.15, 0.2) is 0 Å². The Labute approximate surface area is 83.5 Å². The van der Waals surface area contributed by atoms with E-state index in [1.807, 2.05) is 18.3 Å². The summed E-state index contributed by atoms with van der Waals surface area (Å²) >= 11 is 0. The molecule has 0 aliphatic rings. The molecule has 1 aromatic rings. The number of nitrogens with zero attached hydrogens (tertiary/aromatic N) is 1. The lowest BCUT2D eigenvalue weighted by Crippen LogP contribution is -2.23. The third-order valence-electron chi connectivity index (χ3n) is 1.97. The molecule has 0 aliphatic carbocycles. The van der Waals surface area contributed by atoms with Gasteiger partial charge in [-0.25, -0.2) is 0 Å². The van der Waals surface area contributed by atoms with Gasteiger partial charge in [0.1, 0.15) is 0 Å². The van der Waals surface area contributed by atoms with Crippen LogP contribution in [0.1, 0.15) is 19.0 Å². The second kappa shape index (κ2) is 5.44. The molecule has 1 rings (SSSR count). The predicted molar refractivity (Wildman–Crippen MR) is 54.1 cm³/mol. The molecular formula is C10H16N2O2. The molecule has 0 fully saturated rings. The number of rotatable bonds is 6. The van der Waals surface area contributed by atoms with Gasteiger partial charge in [-0.05, 0) is 18.6 Å². The van der Waals surface area contributed by atoms with E-state index in [0.717, 1.165) is 18.7 Å². The molecule has 0 amide bonds. The minimum absolute atomic E-state index is 0.0112. The van der Waals surface area contributed by atoms with Gasteiger partial charge in [0.2, 0.25) is 0 Å². The number of nitrogens with one attached hydrogen (secondary N) is 1. The lowest BCUT2D eigenvalue weighted by Gasteiger charge is -2.07. The van der Waals surface area contributed by atoms with Crippen LogP contribution in [0, 0.1) is 0 Å². The largest absolute Gasteiger partial charge is 0.480 e. The van der Waals surface area contributed by atoms with Crippen LogP contribution in [-0.2, 0) is 17.9 Å². The number of hydrogen-bond donors (Lipinski definition) is 2. The van der Waals surface area contributed by atoms with Gasteiger partial charge in [0.05, 0.1) is 6.54 Å². The summed E-state index contributed by atoms with van der Waals surface area (Å²) in [4.78, 5) is 10.3. The molecule has 0 saturated heterocycles. The highest BCUT2D eigenvalue weighted by atomic mass is 16.4. The Morgan fingerprint density at radius 2 is 2.43 bits per heavy atom. The first-order chi connectivity index (χ1) is 6.74. The summed E-state index contributed by atoms with van der Waals surface area (Å²) in [7, 11) is 0. The van der Waals surface area contributed by atoms with E-state index in [9.17, 15) is 4.79 Å². The molecule has 2 N–H and O–H groups in total. The van der Waals surface area contributed by atoms with Crippen LogP contribution < -0.4 is 5.32 Å². The lowest BCUT2D eigenvalue weighted by molar-refractivity contribution is -0.136. The van der Waals surface area contributed by atoms with Gasteiger partial charge in [0.25, 0.3) is 0 Å². The topological polar surface area (TPSA) is 54.3 Å². The predicted octanol–water partition coefficient (Wildman–Crippen LogP) is 1.07. The van der Waals surface area contributed by atoms with Crippen LogP contribution in [0.2, 0.25) is 0 Å². The monoisotopic (exact) mass is 196 g/mol. The smallest absolute Gasteiger partial charge is 0.317 e. The average molecular weight is 196 g/mol. The van der Waals surface area contributed by atoms with Crippen molar-refractivity contribution in [3.63, 3.8) is 0 Å². The highest BCUT2D eigenvalue weighted by Gasteiger charge is 2.00. The molecule has 0 spiro atoms. The first-order valence-electron chi connectivity index (χ1n) is 4.80. The molecule has 4 nitrogen and oxygen atoms in total. The molecule has 0 aliphatic heterocycles. The fraction of sp³-hybridized carbons (Fsp3) is 0.500. The summed E-state index contributed by atoms with van der Waals surface area (Å²) in [5.41, 5.74) is 1.13. The summed E-state index contributed by atoms with van der Waals surface area (Å²) in [5.74, 6) is -0.821. The molecule has 1 heterocycles. The van der Waals surface area contributed by atoms with Crippen molar-refractivity contribution in [1.29, 1.82) is 0 Å². The minimum atomic E-state index is -0.821. The molecule has 14 heavy (non-hydrogen) atoms. The van der Waals surface area contributed by atoms with Crippen molar-refractivity contribution in [2.45, 2.75) is 26.4 Å². The van der Waals surface area contributed by atoms with Crippen LogP contribution in [0.5, 0.6) is 0 Å². The highest BCUT2D eigenvalue weighted by molar-refractivity contribution is 5.68. The maximum absolute atomic E-state index is 10.3. The highest BCUT2D eigenvalue weighted by Crippen LogP contribution is 2.02. The van der Waals surface area contributed by atoms with Gasteiger partial charge in [-0.15, -0.1) is 0 Å². The third kappa shape index (κ3) is 3.22. The van der Waals surface area contributed by atoms with Crippen LogP contribution in [0.15, 0.2) is 18.3 Å². The molecule has 4 heteroatoms. The number of aryl methyl sites for hydroxylation is 1. The van der Waals surface area contributed by atoms with Gasteiger partial charge < -0.3 is 15.0 Å². The van der Waals surface area contributed by atoms with E-state index in [-0.39, 0.29) is 6.54 Å². The van der Waals surface area contributed by atoms with Gasteiger partial charge in [0, 0.05) is 25.0 Å². The van der Waals surface area contributed by atoms with E-state index in [2.05, 4.69) is 16.8 Å². The van der Waals surface area contributed by atoms with E-state index in [1.54, 1.807) is 0 Å². The Morgan fingerprint density at radius 3 is 3.07 bits per heavy atom. The van der Waals surface area contributed by atoms with Crippen molar-refractivity contribution in [3.05, 3.63) is 24.0 Å². The van der Waals surface area contributed by atoms with Gasteiger partial charge in [-0.2, -0.15) is 0 Å². The van der Waals surface area contributed by atoms with E-state index < -0.39 is 5.97 Å². The Hall–Kier alpha value is -1.29. The molecule has 1 aromatic heterocycles. The summed E-state index contributed by atoms with van der Waals surface area (Å²) in [5, 5.41) is 11.3. The van der Waals surface area contributed by atoms with Crippen molar-refractivity contribution in [3.8, 4) is 0 Å². The fourth-order valence-electron chi connectivity index (χ4n) is 1.37. The first kappa shape index (κ1) is 10.8. The van der Waals surface area contributed by atoms with Gasteiger partial charge >= 0.3 is 5.97 Å². The number of aliphatic carboxylic acids is 1. The summed E-state index contributed by atoms with van der Waals surface area (Å²) < 4.78 is 2.13. The number of aromatic nitrogens is 1. The molecule has 0 aromatic carbocycles. The lowest BCUT2D eigenvalue weighted by atomic mass is 10.4. The number of carboxylic acids is 1. The zero-order valence-electron chi connectivity index (χ0n) is 8.36. The third-order valence-corrected chi connectivity index (χ3v) is 1.97. The van der Waals surface area contributed by atoms with E-state index in [0.29, 0.717) is 6.54 Å². The summed E-state index contributed by atoms with van der Waals surface area (Å²) in [6, 6.07) is 3.98. The SMILES string of the molecule is CCCn1cccc1CNCC(=O)O. The van der Waals surface area contributed by atoms with E-state index in [1.165, 1.54) is 0 Å². The quantitative estimate of drug-likeness (QED) is 0.715. The fourth-order valence-corrected chi connectivity index (χ4v) is 1.37. The molecule has 0 bridgehead atoms. The van der Waals surface area contributed by atoms with Crippen molar-refractivity contribution >= 4 is 5.97 Å². The van der Waals surface area contributed by atoms with Gasteiger partial charge in [-0.3, -0.25) is 4.79 Å². The van der Waals surface area contributed by atoms with Crippen LogP contribution in [-0.4, -0.2) is 22.2 Å². The maximum Gasteiger partial charge on any atom is 0.317 e. The minimum Gasteiger partial charge on any atom is -0.480 e. The zero-order valence-corrected chi connectivity index (χ0v) is 8.36. The van der Waals surface area contributed by atoms with Crippen LogP contribution in [0.25, 0.3) is 0 Å². The van der Waals surface area contributed by atoms with Crippen molar-refractivity contribution in [2.24, 2.45) is 0 Å². The summed E-state index contributed by atoms with van der Waals surface area (Å²) in [6.45, 7) is 3.72. The van der Waals surface area contributed by atoms with E-state index >= 15 is 0 Å².